The number of rotatable bonds is 7. The average molecular weight is 298 g/mol. The Balaban J connectivity index is 1.94. The van der Waals surface area contributed by atoms with Crippen LogP contribution in [-0.2, 0) is 0 Å². The van der Waals surface area contributed by atoms with Gasteiger partial charge in [-0.15, -0.1) is 11.3 Å². The number of hydrogen-bond acceptors (Lipinski definition) is 5. The molecular weight excluding hydrogens is 284 g/mol. The lowest BCUT2D eigenvalue weighted by molar-refractivity contribution is 0.104. The molecule has 0 saturated heterocycles. The van der Waals surface area contributed by atoms with Gasteiger partial charge in [-0.3, -0.25) is 4.79 Å². The molecule has 1 aromatic heterocycles. The fraction of sp³-hybridized carbons (Fsp3) is 0.188. The van der Waals surface area contributed by atoms with Crippen molar-refractivity contribution in [3.8, 4) is 11.8 Å². The molecule has 0 radical (unpaired) electrons. The lowest BCUT2D eigenvalue weighted by Gasteiger charge is -2.05. The van der Waals surface area contributed by atoms with Gasteiger partial charge in [-0.05, 0) is 30.2 Å². The molecule has 0 atom stereocenters. The van der Waals surface area contributed by atoms with Crippen molar-refractivity contribution in [1.82, 2.24) is 4.98 Å². The summed E-state index contributed by atoms with van der Waals surface area (Å²) < 4.78 is 5.55. The summed E-state index contributed by atoms with van der Waals surface area (Å²) in [4.78, 5) is 15.8. The van der Waals surface area contributed by atoms with E-state index in [4.69, 9.17) is 10.00 Å². The predicted molar refractivity (Wildman–Crippen MR) is 82.3 cm³/mol. The minimum atomic E-state index is -0.106. The maximum Gasteiger partial charge on any atom is 0.214 e. The van der Waals surface area contributed by atoms with Gasteiger partial charge in [0.2, 0.25) is 5.78 Å². The smallest absolute Gasteiger partial charge is 0.214 e. The molecule has 0 spiro atoms. The van der Waals surface area contributed by atoms with Crippen LogP contribution in [0.15, 0.2) is 41.9 Å². The van der Waals surface area contributed by atoms with Gasteiger partial charge in [0, 0.05) is 18.0 Å². The van der Waals surface area contributed by atoms with Crippen molar-refractivity contribution in [2.75, 3.05) is 6.61 Å². The van der Waals surface area contributed by atoms with Crippen molar-refractivity contribution in [2.24, 2.45) is 0 Å². The lowest BCUT2D eigenvalue weighted by atomic mass is 10.2. The van der Waals surface area contributed by atoms with Gasteiger partial charge in [0.05, 0.1) is 12.7 Å². The highest BCUT2D eigenvalue weighted by atomic mass is 32.1. The van der Waals surface area contributed by atoms with Gasteiger partial charge < -0.3 is 4.74 Å². The first-order valence-corrected chi connectivity index (χ1v) is 7.39. The molecule has 1 heterocycles. The topological polar surface area (TPSA) is 63.0 Å². The molecule has 0 unspecified atom stereocenters. The third-order valence-corrected chi connectivity index (χ3v) is 3.42. The highest BCUT2D eigenvalue weighted by molar-refractivity contribution is 7.11. The molecule has 0 N–H and O–H groups in total. The second-order valence-corrected chi connectivity index (χ2v) is 5.11. The molecule has 4 nitrogen and oxygen atoms in total. The first-order chi connectivity index (χ1) is 10.3. The largest absolute Gasteiger partial charge is 0.494 e. The van der Waals surface area contributed by atoms with E-state index in [-0.39, 0.29) is 5.78 Å². The van der Waals surface area contributed by atoms with E-state index < -0.39 is 0 Å². The molecule has 1 aromatic carbocycles. The first kappa shape index (κ1) is 14.9. The number of carbonyl (C=O) groups is 1. The van der Waals surface area contributed by atoms with Gasteiger partial charge in [0.15, 0.2) is 5.01 Å². The molecule has 0 aliphatic heterocycles. The summed E-state index contributed by atoms with van der Waals surface area (Å²) in [5, 5.41) is 10.7. The van der Waals surface area contributed by atoms with Gasteiger partial charge in [-0.1, -0.05) is 18.2 Å². The molecule has 0 aliphatic carbocycles. The van der Waals surface area contributed by atoms with Crippen LogP contribution in [0.1, 0.15) is 28.2 Å². The number of thiazole rings is 1. The second-order valence-electron chi connectivity index (χ2n) is 4.22. The van der Waals surface area contributed by atoms with E-state index >= 15 is 0 Å². The zero-order chi connectivity index (χ0) is 14.9. The van der Waals surface area contributed by atoms with Crippen molar-refractivity contribution in [3.63, 3.8) is 0 Å². The summed E-state index contributed by atoms with van der Waals surface area (Å²) in [5.74, 6) is 0.627. The van der Waals surface area contributed by atoms with E-state index in [9.17, 15) is 4.79 Å². The van der Waals surface area contributed by atoms with Crippen LogP contribution in [0.5, 0.6) is 5.75 Å². The molecule has 0 bridgehead atoms. The normalized spacial score (nSPS) is 10.4. The predicted octanol–water partition coefficient (Wildman–Crippen LogP) is 3.72. The van der Waals surface area contributed by atoms with Gasteiger partial charge in [0.25, 0.3) is 0 Å². The van der Waals surface area contributed by atoms with Crippen LogP contribution in [0.25, 0.3) is 6.08 Å². The maximum atomic E-state index is 11.8. The molecule has 0 fully saturated rings. The number of unbranched alkanes of at least 4 members (excludes halogenated alkanes) is 1. The van der Waals surface area contributed by atoms with Crippen LogP contribution < -0.4 is 4.74 Å². The summed E-state index contributed by atoms with van der Waals surface area (Å²) >= 11 is 1.32. The summed E-state index contributed by atoms with van der Waals surface area (Å²) in [6.45, 7) is 0.513. The zero-order valence-electron chi connectivity index (χ0n) is 11.4. The minimum Gasteiger partial charge on any atom is -0.494 e. The number of ether oxygens (including phenoxy) is 1. The van der Waals surface area contributed by atoms with E-state index in [0.29, 0.717) is 24.5 Å². The van der Waals surface area contributed by atoms with Crippen LogP contribution in [-0.4, -0.2) is 17.4 Å². The molecule has 2 rings (SSSR count). The van der Waals surface area contributed by atoms with Crippen LogP contribution in [0, 0.1) is 11.3 Å². The summed E-state index contributed by atoms with van der Waals surface area (Å²) in [5.41, 5.74) is 0.887. The van der Waals surface area contributed by atoms with E-state index in [0.717, 1.165) is 11.3 Å². The summed E-state index contributed by atoms with van der Waals surface area (Å²) in [6, 6.07) is 9.56. The SMILES string of the molecule is N#CCCCOc1cccc(C=CC(=O)c2nccs2)c1. The monoisotopic (exact) mass is 298 g/mol. The van der Waals surface area contributed by atoms with E-state index in [2.05, 4.69) is 11.1 Å². The third kappa shape index (κ3) is 4.86. The van der Waals surface area contributed by atoms with Crippen LogP contribution in [0.3, 0.4) is 0 Å². The molecule has 0 aliphatic rings. The zero-order valence-corrected chi connectivity index (χ0v) is 12.2. The molecule has 2 aromatic rings. The average Bonchev–Trinajstić information content (AvgIpc) is 3.04. The Morgan fingerprint density at radius 3 is 3.14 bits per heavy atom. The molecule has 0 amide bonds. The van der Waals surface area contributed by atoms with Gasteiger partial charge in [0.1, 0.15) is 5.75 Å². The van der Waals surface area contributed by atoms with Crippen molar-refractivity contribution in [1.29, 1.82) is 5.26 Å². The Morgan fingerprint density at radius 2 is 2.38 bits per heavy atom. The van der Waals surface area contributed by atoms with Crippen LogP contribution in [0.4, 0.5) is 0 Å². The van der Waals surface area contributed by atoms with Gasteiger partial charge in [-0.25, -0.2) is 4.98 Å². The Bertz CT molecular complexity index is 657. The third-order valence-electron chi connectivity index (χ3n) is 2.63. The highest BCUT2D eigenvalue weighted by Gasteiger charge is 2.03. The standard InChI is InChI=1S/C16H14N2O2S/c17-8-1-2-10-20-14-5-3-4-13(12-14)6-7-15(19)16-18-9-11-21-16/h3-7,9,11-12H,1-2,10H2. The van der Waals surface area contributed by atoms with Crippen molar-refractivity contribution < 1.29 is 9.53 Å². The maximum absolute atomic E-state index is 11.8. The Morgan fingerprint density at radius 1 is 1.48 bits per heavy atom. The number of hydrogen-bond donors (Lipinski definition) is 0. The number of allylic oxidation sites excluding steroid dienone is 1. The number of nitrogens with zero attached hydrogens (tertiary/aromatic N) is 2. The molecular formula is C16H14N2O2S. The van der Waals surface area contributed by atoms with E-state index in [1.54, 1.807) is 17.7 Å². The fourth-order valence-electron chi connectivity index (χ4n) is 1.64. The Kier molecular flexibility index (Phi) is 5.68. The summed E-state index contributed by atoms with van der Waals surface area (Å²) in [7, 11) is 0. The first-order valence-electron chi connectivity index (χ1n) is 6.51. The lowest BCUT2D eigenvalue weighted by Crippen LogP contribution is -1.96. The van der Waals surface area contributed by atoms with E-state index in [1.807, 2.05) is 24.3 Å². The van der Waals surface area contributed by atoms with Crippen molar-refractivity contribution >= 4 is 23.2 Å². The Hall–Kier alpha value is -2.45. The number of nitriles is 1. The van der Waals surface area contributed by atoms with Crippen molar-refractivity contribution in [3.05, 3.63) is 52.5 Å². The minimum absolute atomic E-state index is 0.106. The number of benzene rings is 1. The van der Waals surface area contributed by atoms with E-state index in [1.165, 1.54) is 17.4 Å². The van der Waals surface area contributed by atoms with Crippen LogP contribution >= 0.6 is 11.3 Å². The molecule has 5 heteroatoms. The number of ketones is 1. The number of carbonyl (C=O) groups excluding carboxylic acids is 1. The molecule has 0 saturated carbocycles. The Labute approximate surface area is 127 Å². The molecule has 21 heavy (non-hydrogen) atoms. The quantitative estimate of drug-likeness (QED) is 0.444. The molecule has 106 valence electrons. The highest BCUT2D eigenvalue weighted by Crippen LogP contribution is 2.15. The van der Waals surface area contributed by atoms with Crippen molar-refractivity contribution in [2.45, 2.75) is 12.8 Å². The second kappa shape index (κ2) is 7.98. The van der Waals surface area contributed by atoms with Crippen LogP contribution in [0.2, 0.25) is 0 Å². The number of aromatic nitrogens is 1. The van der Waals surface area contributed by atoms with Gasteiger partial charge in [-0.2, -0.15) is 5.26 Å². The fourth-order valence-corrected chi connectivity index (χ4v) is 2.19. The van der Waals surface area contributed by atoms with Gasteiger partial charge >= 0.3 is 0 Å². The summed E-state index contributed by atoms with van der Waals surface area (Å²) in [6.07, 6.45) is 6.06.